The summed E-state index contributed by atoms with van der Waals surface area (Å²) in [6.45, 7) is -0.0366. The topological polar surface area (TPSA) is 58.6 Å². The zero-order valence-electron chi connectivity index (χ0n) is 14.7. The minimum Gasteiger partial charge on any atom is -0.484 e. The minimum absolute atomic E-state index is 0.0366. The minimum atomic E-state index is -0.262. The Kier molecular flexibility index (Phi) is 5.21. The molecule has 0 saturated heterocycles. The summed E-state index contributed by atoms with van der Waals surface area (Å²) in [5.74, 6) is -0.225. The van der Waals surface area contributed by atoms with Crippen molar-refractivity contribution < 1.29 is 18.7 Å². The highest BCUT2D eigenvalue weighted by Gasteiger charge is 2.45. The molecular formula is C20H21FN2O3. The number of hydrogen-bond donors (Lipinski definition) is 1. The molecule has 0 aromatic heterocycles. The van der Waals surface area contributed by atoms with Gasteiger partial charge in [-0.05, 0) is 48.2 Å². The molecular weight excluding hydrogens is 335 g/mol. The van der Waals surface area contributed by atoms with E-state index in [2.05, 4.69) is 5.32 Å². The molecule has 0 bridgehead atoms. The lowest BCUT2D eigenvalue weighted by atomic mass is 10.1. The monoisotopic (exact) mass is 356 g/mol. The van der Waals surface area contributed by atoms with E-state index in [0.717, 1.165) is 0 Å². The Hall–Kier alpha value is -2.89. The summed E-state index contributed by atoms with van der Waals surface area (Å²) in [6.07, 6.45) is 0.653. The molecule has 0 radical (unpaired) electrons. The first-order valence-electron chi connectivity index (χ1n) is 8.44. The Bertz CT molecular complexity index is 805. The zero-order valence-corrected chi connectivity index (χ0v) is 14.7. The Labute approximate surface area is 151 Å². The number of halogens is 1. The van der Waals surface area contributed by atoms with Gasteiger partial charge in [-0.3, -0.25) is 9.59 Å². The van der Waals surface area contributed by atoms with Crippen LogP contribution < -0.4 is 10.1 Å². The van der Waals surface area contributed by atoms with Gasteiger partial charge in [0.1, 0.15) is 11.6 Å². The summed E-state index contributed by atoms with van der Waals surface area (Å²) in [5.41, 5.74) is 1.24. The molecule has 6 heteroatoms. The molecule has 1 saturated carbocycles. The number of hydrogen-bond acceptors (Lipinski definition) is 3. The van der Waals surface area contributed by atoms with Crippen molar-refractivity contribution in [3.63, 3.8) is 0 Å². The van der Waals surface area contributed by atoms with Crippen LogP contribution in [-0.2, 0) is 9.59 Å². The predicted octanol–water partition coefficient (Wildman–Crippen LogP) is 3.03. The molecule has 5 nitrogen and oxygen atoms in total. The lowest BCUT2D eigenvalue weighted by Crippen LogP contribution is -2.27. The van der Waals surface area contributed by atoms with Crippen molar-refractivity contribution in [2.75, 3.05) is 26.0 Å². The average Bonchev–Trinajstić information content (AvgIpc) is 3.42. The maximum atomic E-state index is 13.8. The molecule has 2 aromatic carbocycles. The van der Waals surface area contributed by atoms with Gasteiger partial charge in [-0.2, -0.15) is 0 Å². The van der Waals surface area contributed by atoms with Gasteiger partial charge < -0.3 is 15.0 Å². The molecule has 0 heterocycles. The van der Waals surface area contributed by atoms with Crippen LogP contribution in [0.3, 0.4) is 0 Å². The second-order valence-corrected chi connectivity index (χ2v) is 6.56. The van der Waals surface area contributed by atoms with Crippen LogP contribution in [0.2, 0.25) is 0 Å². The van der Waals surface area contributed by atoms with Crippen molar-refractivity contribution in [1.29, 1.82) is 0 Å². The molecule has 1 N–H and O–H groups in total. The third-order valence-electron chi connectivity index (χ3n) is 4.41. The molecule has 2 amide bonds. The first-order chi connectivity index (χ1) is 12.5. The maximum absolute atomic E-state index is 13.8. The molecule has 26 heavy (non-hydrogen) atoms. The molecule has 136 valence electrons. The molecule has 1 fully saturated rings. The van der Waals surface area contributed by atoms with Gasteiger partial charge in [0, 0.05) is 25.7 Å². The molecule has 1 aliphatic carbocycles. The SMILES string of the molecule is CN(C)C(=O)COc1ccc(NC(=O)C2CC2c2ccccc2F)cc1. The fraction of sp³-hybridized carbons (Fsp3) is 0.300. The lowest BCUT2D eigenvalue weighted by molar-refractivity contribution is -0.130. The average molecular weight is 356 g/mol. The fourth-order valence-corrected chi connectivity index (χ4v) is 2.75. The standard InChI is InChI=1S/C20H21FN2O3/c1-23(2)19(24)12-26-14-9-7-13(8-10-14)22-20(25)17-11-16(17)15-5-3-4-6-18(15)21/h3-10,16-17H,11-12H2,1-2H3,(H,22,25). The number of benzene rings is 2. The molecule has 3 rings (SSSR count). The van der Waals surface area contributed by atoms with E-state index >= 15 is 0 Å². The number of amides is 2. The van der Waals surface area contributed by atoms with Crippen molar-refractivity contribution in [1.82, 2.24) is 4.90 Å². The summed E-state index contributed by atoms with van der Waals surface area (Å²) < 4.78 is 19.2. The summed E-state index contributed by atoms with van der Waals surface area (Å²) in [6, 6.07) is 13.4. The van der Waals surface area contributed by atoms with Gasteiger partial charge in [0.25, 0.3) is 5.91 Å². The summed E-state index contributed by atoms with van der Waals surface area (Å²) >= 11 is 0. The summed E-state index contributed by atoms with van der Waals surface area (Å²) in [4.78, 5) is 25.3. The van der Waals surface area contributed by atoms with Crippen molar-refractivity contribution in [2.24, 2.45) is 5.92 Å². The molecule has 1 aliphatic rings. The van der Waals surface area contributed by atoms with E-state index in [-0.39, 0.29) is 36.1 Å². The molecule has 2 atom stereocenters. The Morgan fingerprint density at radius 3 is 2.50 bits per heavy atom. The number of nitrogens with one attached hydrogen (secondary N) is 1. The fourth-order valence-electron chi connectivity index (χ4n) is 2.75. The van der Waals surface area contributed by atoms with E-state index < -0.39 is 0 Å². The first-order valence-corrected chi connectivity index (χ1v) is 8.44. The van der Waals surface area contributed by atoms with Gasteiger partial charge in [0.05, 0.1) is 0 Å². The highest BCUT2D eigenvalue weighted by Crippen LogP contribution is 2.48. The van der Waals surface area contributed by atoms with E-state index in [1.54, 1.807) is 56.6 Å². The van der Waals surface area contributed by atoms with Crippen LogP contribution in [0.5, 0.6) is 5.75 Å². The van der Waals surface area contributed by atoms with E-state index in [9.17, 15) is 14.0 Å². The van der Waals surface area contributed by atoms with Crippen LogP contribution in [0, 0.1) is 11.7 Å². The molecule has 0 spiro atoms. The Morgan fingerprint density at radius 1 is 1.15 bits per heavy atom. The van der Waals surface area contributed by atoms with Gasteiger partial charge >= 0.3 is 0 Å². The van der Waals surface area contributed by atoms with Crippen molar-refractivity contribution in [2.45, 2.75) is 12.3 Å². The molecule has 2 unspecified atom stereocenters. The number of anilines is 1. The van der Waals surface area contributed by atoms with Gasteiger partial charge in [-0.1, -0.05) is 18.2 Å². The number of likely N-dealkylation sites (N-methyl/N-ethyl adjacent to an activating group) is 1. The molecule has 2 aromatic rings. The summed E-state index contributed by atoms with van der Waals surface area (Å²) in [5, 5.41) is 2.84. The number of rotatable bonds is 6. The normalized spacial score (nSPS) is 18.1. The van der Waals surface area contributed by atoms with Crippen LogP contribution in [0.15, 0.2) is 48.5 Å². The smallest absolute Gasteiger partial charge is 0.259 e. The van der Waals surface area contributed by atoms with Gasteiger partial charge in [0.15, 0.2) is 6.61 Å². The zero-order chi connectivity index (χ0) is 18.7. The van der Waals surface area contributed by atoms with E-state index in [4.69, 9.17) is 4.74 Å². The number of carbonyl (C=O) groups excluding carboxylic acids is 2. The van der Waals surface area contributed by atoms with E-state index in [1.807, 2.05) is 0 Å². The quantitative estimate of drug-likeness (QED) is 0.865. The van der Waals surface area contributed by atoms with Crippen LogP contribution in [0.4, 0.5) is 10.1 Å². The first kappa shape index (κ1) is 17.9. The third kappa shape index (κ3) is 4.20. The Balaban J connectivity index is 1.53. The number of carbonyl (C=O) groups is 2. The van der Waals surface area contributed by atoms with E-state index in [1.165, 1.54) is 11.0 Å². The maximum Gasteiger partial charge on any atom is 0.259 e. The van der Waals surface area contributed by atoms with Crippen LogP contribution >= 0.6 is 0 Å². The van der Waals surface area contributed by atoms with Crippen molar-refractivity contribution in [3.05, 3.63) is 59.9 Å². The van der Waals surface area contributed by atoms with Gasteiger partial charge in [-0.15, -0.1) is 0 Å². The highest BCUT2D eigenvalue weighted by molar-refractivity contribution is 5.95. The van der Waals surface area contributed by atoms with Gasteiger partial charge in [-0.25, -0.2) is 4.39 Å². The number of ether oxygens (including phenoxy) is 1. The predicted molar refractivity (Wildman–Crippen MR) is 96.5 cm³/mol. The highest BCUT2D eigenvalue weighted by atomic mass is 19.1. The third-order valence-corrected chi connectivity index (χ3v) is 4.41. The van der Waals surface area contributed by atoms with E-state index in [0.29, 0.717) is 23.4 Å². The number of nitrogens with zero attached hydrogens (tertiary/aromatic N) is 1. The largest absolute Gasteiger partial charge is 0.484 e. The van der Waals surface area contributed by atoms with Crippen LogP contribution in [0.1, 0.15) is 17.9 Å². The lowest BCUT2D eigenvalue weighted by Gasteiger charge is -2.11. The Morgan fingerprint density at radius 2 is 1.85 bits per heavy atom. The van der Waals surface area contributed by atoms with Crippen LogP contribution in [0.25, 0.3) is 0 Å². The molecule has 0 aliphatic heterocycles. The second-order valence-electron chi connectivity index (χ2n) is 6.56. The second kappa shape index (κ2) is 7.56. The summed E-state index contributed by atoms with van der Waals surface area (Å²) in [7, 11) is 3.33. The van der Waals surface area contributed by atoms with Crippen molar-refractivity contribution in [3.8, 4) is 5.75 Å². The van der Waals surface area contributed by atoms with Crippen molar-refractivity contribution >= 4 is 17.5 Å². The van der Waals surface area contributed by atoms with Crippen LogP contribution in [-0.4, -0.2) is 37.4 Å². The van der Waals surface area contributed by atoms with Gasteiger partial charge in [0.2, 0.25) is 5.91 Å².